The Labute approximate surface area is 137 Å². The van der Waals surface area contributed by atoms with E-state index in [0.29, 0.717) is 6.54 Å². The highest BCUT2D eigenvalue weighted by Crippen LogP contribution is 2.35. The van der Waals surface area contributed by atoms with Crippen LogP contribution in [0.1, 0.15) is 25.6 Å². The van der Waals surface area contributed by atoms with Crippen LogP contribution in [0.5, 0.6) is 0 Å². The molecule has 3 heterocycles. The summed E-state index contributed by atoms with van der Waals surface area (Å²) in [5.41, 5.74) is -0.213. The molecule has 1 amide bonds. The van der Waals surface area contributed by atoms with E-state index >= 15 is 0 Å². The van der Waals surface area contributed by atoms with Gasteiger partial charge in [-0.3, -0.25) is 9.69 Å². The molecule has 2 aliphatic heterocycles. The predicted octanol–water partition coefficient (Wildman–Crippen LogP) is 1.19. The average Bonchev–Trinajstić information content (AvgIpc) is 2.95. The number of ether oxygens (including phenoxy) is 1. The van der Waals surface area contributed by atoms with Crippen molar-refractivity contribution in [3.8, 4) is 0 Å². The Bertz CT molecular complexity index is 575. The van der Waals surface area contributed by atoms with Crippen LogP contribution in [-0.2, 0) is 23.1 Å². The monoisotopic (exact) mass is 318 g/mol. The van der Waals surface area contributed by atoms with Crippen LogP contribution in [0.15, 0.2) is 25.0 Å². The van der Waals surface area contributed by atoms with Gasteiger partial charge in [-0.05, 0) is 19.8 Å². The molecular formula is C17H26N4O2. The molecule has 0 bridgehead atoms. The molecule has 6 heteroatoms. The lowest BCUT2D eigenvalue weighted by Crippen LogP contribution is -2.63. The molecule has 2 fully saturated rings. The van der Waals surface area contributed by atoms with E-state index in [0.717, 1.165) is 38.3 Å². The van der Waals surface area contributed by atoms with Crippen LogP contribution in [0.4, 0.5) is 0 Å². The van der Waals surface area contributed by atoms with Crippen molar-refractivity contribution in [1.29, 1.82) is 0 Å². The van der Waals surface area contributed by atoms with Gasteiger partial charge >= 0.3 is 0 Å². The van der Waals surface area contributed by atoms with E-state index in [1.807, 2.05) is 24.3 Å². The lowest BCUT2D eigenvalue weighted by molar-refractivity contribution is -0.185. The smallest absolute Gasteiger partial charge is 0.249 e. The van der Waals surface area contributed by atoms with Gasteiger partial charge in [-0.1, -0.05) is 6.08 Å². The third-order valence-corrected chi connectivity index (χ3v) is 5.35. The standard InChI is InChI=1S/C17H26N4O2/c1-4-8-21-14(2)17(23-13-16(21)22)5-9-20(10-6-17)12-15-18-7-11-19(15)3/h4,7,11,14H,1,5-6,8-10,12-13H2,2-3H3/t14-/m0/s1. The Morgan fingerprint density at radius 2 is 2.22 bits per heavy atom. The number of imidazole rings is 1. The van der Waals surface area contributed by atoms with Crippen molar-refractivity contribution in [3.63, 3.8) is 0 Å². The normalized spacial score (nSPS) is 25.0. The second-order valence-corrected chi connectivity index (χ2v) is 6.59. The minimum absolute atomic E-state index is 0.0680. The first-order chi connectivity index (χ1) is 11.1. The summed E-state index contributed by atoms with van der Waals surface area (Å²) in [6.07, 6.45) is 7.50. The molecule has 6 nitrogen and oxygen atoms in total. The Kier molecular flexibility index (Phi) is 4.55. The zero-order valence-electron chi connectivity index (χ0n) is 14.1. The topological polar surface area (TPSA) is 50.6 Å². The number of hydrogen-bond donors (Lipinski definition) is 0. The van der Waals surface area contributed by atoms with Crippen LogP contribution in [0.3, 0.4) is 0 Å². The molecule has 0 aliphatic carbocycles. The third-order valence-electron chi connectivity index (χ3n) is 5.35. The number of hydrogen-bond acceptors (Lipinski definition) is 4. The number of piperidine rings is 1. The molecule has 1 aromatic rings. The lowest BCUT2D eigenvalue weighted by Gasteiger charge is -2.51. The molecule has 1 atom stereocenters. The number of aromatic nitrogens is 2. The zero-order valence-corrected chi connectivity index (χ0v) is 14.1. The van der Waals surface area contributed by atoms with E-state index in [-0.39, 0.29) is 24.2 Å². The van der Waals surface area contributed by atoms with Crippen molar-refractivity contribution < 1.29 is 9.53 Å². The van der Waals surface area contributed by atoms with Gasteiger partial charge < -0.3 is 14.2 Å². The van der Waals surface area contributed by atoms with E-state index in [9.17, 15) is 4.79 Å². The first-order valence-corrected chi connectivity index (χ1v) is 8.28. The zero-order chi connectivity index (χ0) is 16.4. The second kappa shape index (κ2) is 6.45. The van der Waals surface area contributed by atoms with Crippen molar-refractivity contribution >= 4 is 5.91 Å². The maximum atomic E-state index is 12.1. The summed E-state index contributed by atoms with van der Waals surface area (Å²) in [5, 5.41) is 0. The average molecular weight is 318 g/mol. The molecule has 2 saturated heterocycles. The number of amides is 1. The quantitative estimate of drug-likeness (QED) is 0.783. The molecule has 23 heavy (non-hydrogen) atoms. The molecule has 0 unspecified atom stereocenters. The molecule has 1 aromatic heterocycles. The fraction of sp³-hybridized carbons (Fsp3) is 0.647. The molecule has 0 aromatic carbocycles. The van der Waals surface area contributed by atoms with E-state index in [1.54, 1.807) is 6.08 Å². The minimum atomic E-state index is -0.213. The van der Waals surface area contributed by atoms with E-state index in [1.165, 1.54) is 0 Å². The summed E-state index contributed by atoms with van der Waals surface area (Å²) in [6, 6.07) is 0.0945. The Morgan fingerprint density at radius 3 is 2.83 bits per heavy atom. The van der Waals surface area contributed by atoms with Crippen LogP contribution >= 0.6 is 0 Å². The highest BCUT2D eigenvalue weighted by atomic mass is 16.5. The molecule has 0 saturated carbocycles. The number of carbonyl (C=O) groups excluding carboxylic acids is 1. The number of aryl methyl sites for hydroxylation is 1. The first kappa shape index (κ1) is 16.2. The minimum Gasteiger partial charge on any atom is -0.363 e. The number of carbonyl (C=O) groups is 1. The van der Waals surface area contributed by atoms with Gasteiger partial charge in [0.25, 0.3) is 0 Å². The van der Waals surface area contributed by atoms with Gasteiger partial charge in [0.2, 0.25) is 5.91 Å². The van der Waals surface area contributed by atoms with Gasteiger partial charge in [-0.15, -0.1) is 6.58 Å². The fourth-order valence-corrected chi connectivity index (χ4v) is 3.71. The molecule has 0 N–H and O–H groups in total. The maximum absolute atomic E-state index is 12.1. The molecule has 126 valence electrons. The summed E-state index contributed by atoms with van der Waals surface area (Å²) >= 11 is 0. The maximum Gasteiger partial charge on any atom is 0.249 e. The van der Waals surface area contributed by atoms with Gasteiger partial charge in [0.1, 0.15) is 12.4 Å². The Hall–Kier alpha value is -1.66. The van der Waals surface area contributed by atoms with Crippen LogP contribution in [0, 0.1) is 0 Å². The first-order valence-electron chi connectivity index (χ1n) is 8.28. The summed E-state index contributed by atoms with van der Waals surface area (Å²) in [6.45, 7) is 9.46. The van der Waals surface area contributed by atoms with Crippen LogP contribution < -0.4 is 0 Å². The molecule has 3 rings (SSSR count). The predicted molar refractivity (Wildman–Crippen MR) is 87.8 cm³/mol. The SMILES string of the molecule is C=CCN1C(=O)COC2(CCN(Cc3nccn3C)CC2)[C@@H]1C. The summed E-state index contributed by atoms with van der Waals surface area (Å²) in [7, 11) is 2.03. The van der Waals surface area contributed by atoms with Gasteiger partial charge in [-0.2, -0.15) is 0 Å². The summed E-state index contributed by atoms with van der Waals surface area (Å²) < 4.78 is 8.11. The highest BCUT2D eigenvalue weighted by molar-refractivity contribution is 5.79. The molecule has 2 aliphatic rings. The van der Waals surface area contributed by atoms with Gasteiger partial charge in [-0.25, -0.2) is 4.98 Å². The largest absolute Gasteiger partial charge is 0.363 e. The molecule has 1 spiro atoms. The van der Waals surface area contributed by atoms with Crippen molar-refractivity contribution in [1.82, 2.24) is 19.4 Å². The van der Waals surface area contributed by atoms with Crippen molar-refractivity contribution in [2.45, 2.75) is 38.0 Å². The number of morpholine rings is 1. The summed E-state index contributed by atoms with van der Waals surface area (Å²) in [5.74, 6) is 1.15. The lowest BCUT2D eigenvalue weighted by atomic mass is 9.82. The fourth-order valence-electron chi connectivity index (χ4n) is 3.71. The molecule has 0 radical (unpaired) electrons. The van der Waals surface area contributed by atoms with Crippen molar-refractivity contribution in [2.75, 3.05) is 26.2 Å². The number of nitrogens with zero attached hydrogens (tertiary/aromatic N) is 4. The van der Waals surface area contributed by atoms with Crippen LogP contribution in [0.2, 0.25) is 0 Å². The van der Waals surface area contributed by atoms with Gasteiger partial charge in [0, 0.05) is 39.1 Å². The Balaban J connectivity index is 1.64. The van der Waals surface area contributed by atoms with Gasteiger partial charge in [0.15, 0.2) is 0 Å². The van der Waals surface area contributed by atoms with Gasteiger partial charge in [0.05, 0.1) is 18.2 Å². The van der Waals surface area contributed by atoms with Crippen LogP contribution in [0.25, 0.3) is 0 Å². The molecular weight excluding hydrogens is 292 g/mol. The Morgan fingerprint density at radius 1 is 1.48 bits per heavy atom. The van der Waals surface area contributed by atoms with E-state index in [4.69, 9.17) is 4.74 Å². The highest BCUT2D eigenvalue weighted by Gasteiger charge is 2.47. The number of rotatable bonds is 4. The second-order valence-electron chi connectivity index (χ2n) is 6.59. The van der Waals surface area contributed by atoms with E-state index < -0.39 is 0 Å². The van der Waals surface area contributed by atoms with Crippen molar-refractivity contribution in [2.24, 2.45) is 7.05 Å². The van der Waals surface area contributed by atoms with E-state index in [2.05, 4.69) is 28.0 Å². The third kappa shape index (κ3) is 3.05. The summed E-state index contributed by atoms with van der Waals surface area (Å²) in [4.78, 5) is 20.8. The van der Waals surface area contributed by atoms with Crippen LogP contribution in [-0.4, -0.2) is 63.1 Å². The number of likely N-dealkylation sites (tertiary alicyclic amines) is 1. The van der Waals surface area contributed by atoms with Crippen molar-refractivity contribution in [3.05, 3.63) is 30.9 Å².